The highest BCUT2D eigenvalue weighted by atomic mass is 16.5. The molecule has 0 aliphatic carbocycles. The molecule has 0 aliphatic heterocycles. The molecule has 0 unspecified atom stereocenters. The summed E-state index contributed by atoms with van der Waals surface area (Å²) in [4.78, 5) is 37.6. The second-order valence-electron chi connectivity index (χ2n) is 7.56. The summed E-state index contributed by atoms with van der Waals surface area (Å²) < 4.78 is 6.98. The third-order valence-electron chi connectivity index (χ3n) is 5.29. The van der Waals surface area contributed by atoms with Gasteiger partial charge in [-0.25, -0.2) is 4.79 Å². The van der Waals surface area contributed by atoms with Crippen molar-refractivity contribution in [2.45, 2.75) is 12.8 Å². The number of unbranched alkanes of at least 4 members (excludes halogenated alkanes) is 1. The van der Waals surface area contributed by atoms with Crippen LogP contribution in [0.2, 0.25) is 0 Å². The minimum atomic E-state index is -0.655. The number of carbonyl (C=O) groups excluding carboxylic acids is 3. The zero-order valence-corrected chi connectivity index (χ0v) is 18.1. The van der Waals surface area contributed by atoms with Gasteiger partial charge in [-0.2, -0.15) is 0 Å². The van der Waals surface area contributed by atoms with Crippen molar-refractivity contribution in [3.8, 4) is 11.1 Å². The average Bonchev–Trinajstić information content (AvgIpc) is 3.26. The summed E-state index contributed by atoms with van der Waals surface area (Å²) in [6, 6.07) is 25.9. The molecule has 6 heteroatoms. The maximum absolute atomic E-state index is 13.1. The minimum Gasteiger partial charge on any atom is -0.462 e. The number of nitrogens with zero attached hydrogens (tertiary/aromatic N) is 1. The van der Waals surface area contributed by atoms with Crippen LogP contribution < -0.4 is 5.32 Å². The summed E-state index contributed by atoms with van der Waals surface area (Å²) in [5.41, 5.74) is 3.27. The first kappa shape index (κ1) is 22.0. The predicted molar refractivity (Wildman–Crippen MR) is 126 cm³/mol. The standard InChI is InChI=1S/C27H24N2O4/c30-25(26(31)28-16-8-10-18-33-27(32)21-13-5-2-6-14-21)24-23(20-11-3-1-4-12-20)19-22-15-7-9-17-29(22)24/h1-7,9,11-15,17,19H,8,10,16,18H2,(H,28,31). The van der Waals surface area contributed by atoms with Gasteiger partial charge in [0.25, 0.3) is 11.7 Å². The van der Waals surface area contributed by atoms with Crippen LogP contribution in [0.25, 0.3) is 16.6 Å². The van der Waals surface area contributed by atoms with Gasteiger partial charge < -0.3 is 14.5 Å². The molecule has 0 fully saturated rings. The van der Waals surface area contributed by atoms with Gasteiger partial charge >= 0.3 is 5.97 Å². The van der Waals surface area contributed by atoms with Crippen molar-refractivity contribution in [2.75, 3.05) is 13.2 Å². The Bertz CT molecular complexity index is 1260. The van der Waals surface area contributed by atoms with Crippen molar-refractivity contribution in [3.63, 3.8) is 0 Å². The molecule has 2 aromatic heterocycles. The number of pyridine rings is 1. The Hall–Kier alpha value is -4.19. The number of ether oxygens (including phenoxy) is 1. The van der Waals surface area contributed by atoms with Gasteiger partial charge in [-0.05, 0) is 48.7 Å². The molecule has 0 aliphatic rings. The molecule has 2 heterocycles. The van der Waals surface area contributed by atoms with Crippen molar-refractivity contribution in [1.82, 2.24) is 9.72 Å². The minimum absolute atomic E-state index is 0.249. The Morgan fingerprint density at radius 1 is 0.818 bits per heavy atom. The molecule has 4 rings (SSSR count). The van der Waals surface area contributed by atoms with Crippen molar-refractivity contribution in [1.29, 1.82) is 0 Å². The van der Waals surface area contributed by atoms with Gasteiger partial charge in [-0.15, -0.1) is 0 Å². The third kappa shape index (κ3) is 5.18. The number of Topliss-reactive ketones (excluding diaryl/α,β-unsaturated/α-hetero) is 1. The lowest BCUT2D eigenvalue weighted by Crippen LogP contribution is -2.32. The molecule has 0 bridgehead atoms. The van der Waals surface area contributed by atoms with Crippen molar-refractivity contribution >= 4 is 23.2 Å². The number of rotatable bonds is 9. The molecule has 2 aromatic carbocycles. The molecule has 0 atom stereocenters. The predicted octanol–water partition coefficient (Wildman–Crippen LogP) is 4.54. The lowest BCUT2D eigenvalue weighted by molar-refractivity contribution is -0.117. The number of amides is 1. The smallest absolute Gasteiger partial charge is 0.338 e. The zero-order valence-electron chi connectivity index (χ0n) is 18.1. The van der Waals surface area contributed by atoms with Crippen molar-refractivity contribution < 1.29 is 19.1 Å². The maximum atomic E-state index is 13.1. The number of ketones is 1. The average molecular weight is 440 g/mol. The van der Waals surface area contributed by atoms with Crippen LogP contribution in [0.3, 0.4) is 0 Å². The summed E-state index contributed by atoms with van der Waals surface area (Å²) in [5, 5.41) is 2.69. The Labute approximate surface area is 191 Å². The molecule has 0 spiro atoms. The van der Waals surface area contributed by atoms with Crippen LogP contribution in [0, 0.1) is 0 Å². The van der Waals surface area contributed by atoms with E-state index < -0.39 is 11.7 Å². The fourth-order valence-electron chi connectivity index (χ4n) is 3.63. The van der Waals surface area contributed by atoms with Crippen LogP contribution in [0.4, 0.5) is 0 Å². The van der Waals surface area contributed by atoms with Crippen LogP contribution in [0.15, 0.2) is 91.1 Å². The van der Waals surface area contributed by atoms with Gasteiger partial charge in [0.05, 0.1) is 12.2 Å². The molecule has 1 N–H and O–H groups in total. The first-order valence-corrected chi connectivity index (χ1v) is 10.9. The van der Waals surface area contributed by atoms with E-state index >= 15 is 0 Å². The topological polar surface area (TPSA) is 76.9 Å². The highest BCUT2D eigenvalue weighted by molar-refractivity contribution is 6.43. The Balaban J connectivity index is 1.34. The Morgan fingerprint density at radius 3 is 2.27 bits per heavy atom. The van der Waals surface area contributed by atoms with Gasteiger partial charge in [0.15, 0.2) is 0 Å². The zero-order chi connectivity index (χ0) is 23.0. The number of nitrogens with one attached hydrogen (secondary N) is 1. The Morgan fingerprint density at radius 2 is 1.52 bits per heavy atom. The van der Waals surface area contributed by atoms with E-state index in [0.717, 1.165) is 16.6 Å². The van der Waals surface area contributed by atoms with Crippen LogP contribution in [0.1, 0.15) is 33.7 Å². The fraction of sp³-hybridized carbons (Fsp3) is 0.148. The molecule has 166 valence electrons. The van der Waals surface area contributed by atoms with Crippen LogP contribution in [-0.2, 0) is 9.53 Å². The number of benzene rings is 2. The molecule has 0 saturated heterocycles. The van der Waals surface area contributed by atoms with E-state index in [1.807, 2.05) is 60.7 Å². The van der Waals surface area contributed by atoms with Crippen LogP contribution in [0.5, 0.6) is 0 Å². The third-order valence-corrected chi connectivity index (χ3v) is 5.29. The van der Waals surface area contributed by atoms with Crippen molar-refractivity contribution in [2.24, 2.45) is 0 Å². The molecular weight excluding hydrogens is 416 g/mol. The maximum Gasteiger partial charge on any atom is 0.338 e. The monoisotopic (exact) mass is 440 g/mol. The quantitative estimate of drug-likeness (QED) is 0.179. The van der Waals surface area contributed by atoms with Crippen LogP contribution in [-0.4, -0.2) is 35.2 Å². The highest BCUT2D eigenvalue weighted by Crippen LogP contribution is 2.28. The summed E-state index contributed by atoms with van der Waals surface area (Å²) >= 11 is 0. The lowest BCUT2D eigenvalue weighted by atomic mass is 10.0. The molecular formula is C27H24N2O4. The van der Waals surface area contributed by atoms with Gasteiger partial charge in [0.2, 0.25) is 0 Å². The van der Waals surface area contributed by atoms with E-state index in [0.29, 0.717) is 30.6 Å². The molecule has 1 amide bonds. The van der Waals surface area contributed by atoms with Gasteiger partial charge in [0, 0.05) is 23.8 Å². The van der Waals surface area contributed by atoms with Gasteiger partial charge in [0.1, 0.15) is 5.69 Å². The second-order valence-corrected chi connectivity index (χ2v) is 7.56. The molecule has 4 aromatic rings. The normalized spacial score (nSPS) is 10.7. The highest BCUT2D eigenvalue weighted by Gasteiger charge is 2.24. The van der Waals surface area contributed by atoms with Crippen LogP contribution >= 0.6 is 0 Å². The number of esters is 1. The SMILES string of the molecule is O=C(NCCCCOC(=O)c1ccccc1)C(=O)c1c(-c2ccccc2)cc2ccccn12. The number of hydrogen-bond donors (Lipinski definition) is 1. The number of hydrogen-bond acceptors (Lipinski definition) is 4. The van der Waals surface area contributed by atoms with E-state index in [2.05, 4.69) is 5.32 Å². The summed E-state index contributed by atoms with van der Waals surface area (Å²) in [6.45, 7) is 0.566. The summed E-state index contributed by atoms with van der Waals surface area (Å²) in [7, 11) is 0. The molecule has 6 nitrogen and oxygen atoms in total. The number of fused-ring (bicyclic) bond motifs is 1. The first-order valence-electron chi connectivity index (χ1n) is 10.9. The fourth-order valence-corrected chi connectivity index (χ4v) is 3.63. The van der Waals surface area contributed by atoms with E-state index in [1.165, 1.54) is 0 Å². The lowest BCUT2D eigenvalue weighted by Gasteiger charge is -2.08. The Kier molecular flexibility index (Phi) is 6.95. The molecule has 33 heavy (non-hydrogen) atoms. The first-order chi connectivity index (χ1) is 16.1. The number of carbonyl (C=O) groups is 3. The van der Waals surface area contributed by atoms with Crippen molar-refractivity contribution in [3.05, 3.63) is 102 Å². The second kappa shape index (κ2) is 10.4. The van der Waals surface area contributed by atoms with E-state index in [-0.39, 0.29) is 12.6 Å². The number of aromatic nitrogens is 1. The summed E-state index contributed by atoms with van der Waals surface area (Å²) in [6.07, 6.45) is 2.95. The summed E-state index contributed by atoms with van der Waals surface area (Å²) in [5.74, 6) is -1.61. The molecule has 0 saturated carbocycles. The largest absolute Gasteiger partial charge is 0.462 e. The van der Waals surface area contributed by atoms with E-state index in [1.54, 1.807) is 34.9 Å². The van der Waals surface area contributed by atoms with E-state index in [4.69, 9.17) is 4.74 Å². The molecule has 0 radical (unpaired) electrons. The van der Waals surface area contributed by atoms with E-state index in [9.17, 15) is 14.4 Å². The van der Waals surface area contributed by atoms with Gasteiger partial charge in [-0.1, -0.05) is 54.6 Å². The van der Waals surface area contributed by atoms with Gasteiger partial charge in [-0.3, -0.25) is 9.59 Å².